The van der Waals surface area contributed by atoms with Gasteiger partial charge >= 0.3 is 6.09 Å². The van der Waals surface area contributed by atoms with Crippen LogP contribution in [0.2, 0.25) is 0 Å². The van der Waals surface area contributed by atoms with E-state index in [1.807, 2.05) is 61.6 Å². The van der Waals surface area contributed by atoms with Crippen molar-refractivity contribution in [1.29, 1.82) is 0 Å². The Kier molecular flexibility index (Phi) is 11.6. The van der Waals surface area contributed by atoms with Crippen molar-refractivity contribution in [3.8, 4) is 33.6 Å². The summed E-state index contributed by atoms with van der Waals surface area (Å²) in [6, 6.07) is 6.66. The average molecular weight is 833 g/mol. The maximum atomic E-state index is 13.8. The lowest BCUT2D eigenvalue weighted by molar-refractivity contribution is -0.138. The van der Waals surface area contributed by atoms with E-state index in [4.69, 9.17) is 24.7 Å². The van der Waals surface area contributed by atoms with Gasteiger partial charge in [0.05, 0.1) is 64.4 Å². The summed E-state index contributed by atoms with van der Waals surface area (Å²) < 4.78 is 5.82. The molecule has 2 aromatic carbocycles. The number of nitrogens with zero attached hydrogens (tertiary/aromatic N) is 6. The van der Waals surface area contributed by atoms with E-state index >= 15 is 0 Å². The molecule has 4 atom stereocenters. The lowest BCUT2D eigenvalue weighted by Crippen LogP contribution is -2.51. The Labute approximate surface area is 352 Å². The summed E-state index contributed by atoms with van der Waals surface area (Å²) in [7, 11) is 1.29. The number of fused-ring (bicyclic) bond motifs is 2. The minimum absolute atomic E-state index is 0.0474. The molecule has 2 fully saturated rings. The topological polar surface area (TPSA) is 191 Å². The van der Waals surface area contributed by atoms with Crippen molar-refractivity contribution in [3.05, 3.63) is 59.4 Å². The third-order valence-electron chi connectivity index (χ3n) is 12.0. The quantitative estimate of drug-likeness (QED) is 0.101. The molecule has 0 saturated carbocycles. The third-order valence-corrected chi connectivity index (χ3v) is 12.9. The number of amides is 4. The number of benzene rings is 2. The number of likely N-dealkylation sites (tertiary alicyclic amines) is 2. The van der Waals surface area contributed by atoms with Crippen LogP contribution in [0.25, 0.3) is 43.9 Å². The van der Waals surface area contributed by atoms with E-state index in [2.05, 4.69) is 44.9 Å². The van der Waals surface area contributed by atoms with Crippen molar-refractivity contribution >= 4 is 57.3 Å². The normalized spacial score (nSPS) is 18.4. The minimum Gasteiger partial charge on any atom is -0.453 e. The molecule has 5 aromatic rings. The van der Waals surface area contributed by atoms with Crippen LogP contribution in [0, 0.1) is 11.8 Å². The largest absolute Gasteiger partial charge is 0.453 e. The lowest BCUT2D eigenvalue weighted by atomic mass is 9.94. The summed E-state index contributed by atoms with van der Waals surface area (Å²) in [6.07, 6.45) is 9.19. The lowest BCUT2D eigenvalue weighted by Gasteiger charge is -2.30. The Morgan fingerprint density at radius 3 is 1.97 bits per heavy atom. The standard InChI is InChI=1S/C44H52N10O5S/c1-7-34(55)51-35(23(2)3)42(56)53-18-8-11-33(53)41-47-21-31(50-41)29-15-14-28(39-38(29)48-22-60-39)26-13-12-25(27-16-17-45-37(26)27)30-20-46-40(49-30)32-10-9-19-54(32)43(57)36(24(4)5)52-44(58)59-6/h12-15,17,20-24,32-33,35-36H,7-11,16,18-19H2,1-6H3,(H,46,49)(H,47,50)(H,51,55)(H,52,58)/t32-,33-,35-,36-/m0/s1. The first kappa shape index (κ1) is 40.9. The SMILES string of the molecule is CCC(=O)N[C@H](C(=O)N1CCC[C@H]1c1ncc(-c2ccc(-c3ccc(-c4cnc([C@@H]5CCCN5C(=O)[C@@H](NC(=O)OC)C(C)C)[nH]4)c4c3N=CC4)c3scnc23)[nH]1)C(C)C. The highest BCUT2D eigenvalue weighted by molar-refractivity contribution is 7.17. The molecule has 3 aliphatic heterocycles. The molecule has 314 valence electrons. The van der Waals surface area contributed by atoms with Crippen molar-refractivity contribution < 1.29 is 23.9 Å². The van der Waals surface area contributed by atoms with Gasteiger partial charge in [-0.15, -0.1) is 11.3 Å². The maximum Gasteiger partial charge on any atom is 0.407 e. The van der Waals surface area contributed by atoms with Gasteiger partial charge in [-0.05, 0) is 49.1 Å². The van der Waals surface area contributed by atoms with E-state index in [-0.39, 0.29) is 41.6 Å². The number of H-pyrrole nitrogens is 2. The van der Waals surface area contributed by atoms with Crippen LogP contribution in [-0.2, 0) is 25.5 Å². The van der Waals surface area contributed by atoms with E-state index < -0.39 is 18.2 Å². The molecule has 0 aliphatic carbocycles. The predicted molar refractivity (Wildman–Crippen MR) is 231 cm³/mol. The predicted octanol–water partition coefficient (Wildman–Crippen LogP) is 7.26. The van der Waals surface area contributed by atoms with Gasteiger partial charge in [-0.2, -0.15) is 0 Å². The van der Waals surface area contributed by atoms with Crippen molar-refractivity contribution in [3.63, 3.8) is 0 Å². The Balaban J connectivity index is 1.04. The van der Waals surface area contributed by atoms with Crippen LogP contribution in [0.15, 0.2) is 47.2 Å². The fourth-order valence-electron chi connectivity index (χ4n) is 8.83. The molecule has 8 rings (SSSR count). The van der Waals surface area contributed by atoms with Gasteiger partial charge < -0.3 is 35.1 Å². The Morgan fingerprint density at radius 1 is 0.800 bits per heavy atom. The molecule has 4 amide bonds. The van der Waals surface area contributed by atoms with Gasteiger partial charge in [-0.1, -0.05) is 52.8 Å². The number of aromatic amines is 2. The highest BCUT2D eigenvalue weighted by atomic mass is 32.1. The molecule has 3 aromatic heterocycles. The summed E-state index contributed by atoms with van der Waals surface area (Å²) in [5.41, 5.74) is 10.3. The van der Waals surface area contributed by atoms with Gasteiger partial charge in [0.25, 0.3) is 0 Å². The van der Waals surface area contributed by atoms with Crippen LogP contribution in [-0.4, -0.2) is 97.0 Å². The zero-order valence-corrected chi connectivity index (χ0v) is 35.7. The number of carbonyl (C=O) groups excluding carboxylic acids is 4. The number of imidazole rings is 2. The number of nitrogens with one attached hydrogen (secondary N) is 4. The molecule has 4 N–H and O–H groups in total. The number of aromatic nitrogens is 5. The summed E-state index contributed by atoms with van der Waals surface area (Å²) in [5.74, 6) is 0.906. The number of alkyl carbamates (subject to hydrolysis) is 1. The Hall–Kier alpha value is -5.90. The molecule has 2 saturated heterocycles. The summed E-state index contributed by atoms with van der Waals surface area (Å²) in [6.45, 7) is 10.7. The van der Waals surface area contributed by atoms with Gasteiger partial charge in [-0.25, -0.2) is 19.7 Å². The summed E-state index contributed by atoms with van der Waals surface area (Å²) in [5, 5.41) is 5.65. The Bertz CT molecular complexity index is 2470. The number of rotatable bonds is 12. The number of hydrogen-bond donors (Lipinski definition) is 4. The van der Waals surface area contributed by atoms with Crippen LogP contribution in [0.3, 0.4) is 0 Å². The fraction of sp³-hybridized carbons (Fsp3) is 0.455. The first-order valence-corrected chi connectivity index (χ1v) is 21.8. The molecule has 60 heavy (non-hydrogen) atoms. The molecule has 0 bridgehead atoms. The third kappa shape index (κ3) is 7.57. The van der Waals surface area contributed by atoms with E-state index in [0.717, 1.165) is 86.6 Å². The van der Waals surface area contributed by atoms with E-state index in [1.165, 1.54) is 7.11 Å². The van der Waals surface area contributed by atoms with Crippen LogP contribution in [0.4, 0.5) is 10.5 Å². The van der Waals surface area contributed by atoms with Crippen LogP contribution in [0.1, 0.15) is 96.0 Å². The molecular formula is C44H52N10O5S. The minimum atomic E-state index is -0.707. The smallest absolute Gasteiger partial charge is 0.407 e. The van der Waals surface area contributed by atoms with Crippen molar-refractivity contribution in [1.82, 2.24) is 45.4 Å². The molecule has 6 heterocycles. The first-order valence-electron chi connectivity index (χ1n) is 20.9. The summed E-state index contributed by atoms with van der Waals surface area (Å²) in [4.78, 5) is 81.9. The molecule has 15 nitrogen and oxygen atoms in total. The summed E-state index contributed by atoms with van der Waals surface area (Å²) >= 11 is 1.58. The molecule has 0 spiro atoms. The zero-order valence-electron chi connectivity index (χ0n) is 34.9. The number of methoxy groups -OCH3 is 1. The van der Waals surface area contributed by atoms with Crippen LogP contribution >= 0.6 is 11.3 Å². The average Bonchev–Trinajstić information content (AvgIpc) is 4.10. The van der Waals surface area contributed by atoms with Gasteiger partial charge in [0.1, 0.15) is 23.7 Å². The molecule has 0 unspecified atom stereocenters. The number of carbonyl (C=O) groups is 4. The number of aliphatic imine (C=N–C) groups is 1. The van der Waals surface area contributed by atoms with Gasteiger partial charge in [-0.3, -0.25) is 19.4 Å². The van der Waals surface area contributed by atoms with Crippen molar-refractivity contribution in [2.45, 2.75) is 97.3 Å². The van der Waals surface area contributed by atoms with Gasteiger partial charge in [0, 0.05) is 54.4 Å². The zero-order chi connectivity index (χ0) is 42.2. The van der Waals surface area contributed by atoms with Crippen LogP contribution < -0.4 is 10.6 Å². The van der Waals surface area contributed by atoms with Crippen molar-refractivity contribution in [2.75, 3.05) is 20.2 Å². The van der Waals surface area contributed by atoms with Crippen molar-refractivity contribution in [2.24, 2.45) is 16.8 Å². The number of thiazole rings is 1. The second kappa shape index (κ2) is 17.0. The number of ether oxygens (including phenoxy) is 1. The van der Waals surface area contributed by atoms with E-state index in [0.29, 0.717) is 31.8 Å². The number of hydrogen-bond acceptors (Lipinski definition) is 10. The monoisotopic (exact) mass is 832 g/mol. The highest BCUT2D eigenvalue weighted by Crippen LogP contribution is 2.46. The van der Waals surface area contributed by atoms with E-state index in [9.17, 15) is 19.2 Å². The van der Waals surface area contributed by atoms with Gasteiger partial charge in [0.2, 0.25) is 17.7 Å². The maximum absolute atomic E-state index is 13.8. The molecule has 3 aliphatic rings. The molecule has 0 radical (unpaired) electrons. The first-order chi connectivity index (χ1) is 29.0. The second-order valence-corrected chi connectivity index (χ2v) is 17.3. The van der Waals surface area contributed by atoms with E-state index in [1.54, 1.807) is 18.3 Å². The highest BCUT2D eigenvalue weighted by Gasteiger charge is 2.39. The molecular weight excluding hydrogens is 781 g/mol. The Morgan fingerprint density at radius 2 is 1.37 bits per heavy atom. The molecule has 16 heteroatoms. The van der Waals surface area contributed by atoms with Crippen LogP contribution in [0.5, 0.6) is 0 Å². The van der Waals surface area contributed by atoms with Gasteiger partial charge in [0.15, 0.2) is 0 Å². The second-order valence-electron chi connectivity index (χ2n) is 16.4. The fourth-order valence-corrected chi connectivity index (χ4v) is 9.67.